The monoisotopic (exact) mass is 395 g/mol. The van der Waals surface area contributed by atoms with Gasteiger partial charge in [0.1, 0.15) is 11.3 Å². The summed E-state index contributed by atoms with van der Waals surface area (Å²) in [5.74, 6) is 2.40. The minimum Gasteiger partial charge on any atom is -0.420 e. The van der Waals surface area contributed by atoms with Crippen molar-refractivity contribution in [3.63, 3.8) is 0 Å². The Hall–Kier alpha value is -3.03. The first-order chi connectivity index (χ1) is 14.2. The van der Waals surface area contributed by atoms with Crippen LogP contribution in [0.1, 0.15) is 66.2 Å². The van der Waals surface area contributed by atoms with Gasteiger partial charge in [-0.05, 0) is 57.1 Å². The molecule has 152 valence electrons. The maximum absolute atomic E-state index is 12.5. The van der Waals surface area contributed by atoms with Gasteiger partial charge in [0.15, 0.2) is 0 Å². The fraction of sp³-hybridized carbons (Fsp3) is 0.476. The highest BCUT2D eigenvalue weighted by molar-refractivity contribution is 5.96. The molecule has 0 spiro atoms. The number of hydrogen-bond donors (Lipinski definition) is 1. The predicted molar refractivity (Wildman–Crippen MR) is 105 cm³/mol. The summed E-state index contributed by atoms with van der Waals surface area (Å²) < 4.78 is 11.0. The Balaban J connectivity index is 1.29. The lowest BCUT2D eigenvalue weighted by Crippen LogP contribution is -2.31. The Kier molecular flexibility index (Phi) is 5.69. The molecule has 0 saturated heterocycles. The second-order valence-electron chi connectivity index (χ2n) is 7.53. The zero-order valence-electron chi connectivity index (χ0n) is 16.7. The summed E-state index contributed by atoms with van der Waals surface area (Å²) in [5.41, 5.74) is 2.12. The number of pyridine rings is 1. The number of amides is 1. The smallest absolute Gasteiger partial charge is 0.256 e. The van der Waals surface area contributed by atoms with Crippen molar-refractivity contribution in [2.75, 3.05) is 6.54 Å². The average molecular weight is 395 g/mol. The molecule has 0 aromatic carbocycles. The first-order valence-electron chi connectivity index (χ1n) is 10.1. The van der Waals surface area contributed by atoms with Crippen molar-refractivity contribution in [1.29, 1.82) is 0 Å². The highest BCUT2D eigenvalue weighted by Crippen LogP contribution is 2.35. The van der Waals surface area contributed by atoms with Crippen LogP contribution in [0.5, 0.6) is 0 Å². The van der Waals surface area contributed by atoms with Gasteiger partial charge in [-0.2, -0.15) is 0 Å². The average Bonchev–Trinajstić information content (AvgIpc) is 3.40. The van der Waals surface area contributed by atoms with Crippen LogP contribution in [-0.2, 0) is 6.42 Å². The fourth-order valence-corrected chi connectivity index (χ4v) is 3.89. The van der Waals surface area contributed by atoms with E-state index < -0.39 is 0 Å². The van der Waals surface area contributed by atoms with E-state index in [0.29, 0.717) is 47.7 Å². The maximum atomic E-state index is 12.5. The van der Waals surface area contributed by atoms with Crippen molar-refractivity contribution in [3.05, 3.63) is 47.4 Å². The number of aryl methyl sites for hydroxylation is 2. The number of aromatic nitrogens is 4. The topological polar surface area (TPSA) is 107 Å². The van der Waals surface area contributed by atoms with Gasteiger partial charge in [-0.3, -0.25) is 9.78 Å². The predicted octanol–water partition coefficient (Wildman–Crippen LogP) is 3.69. The minimum absolute atomic E-state index is 0.0965. The lowest BCUT2D eigenvalue weighted by Gasteiger charge is -2.26. The zero-order chi connectivity index (χ0) is 20.2. The van der Waals surface area contributed by atoms with E-state index in [0.717, 1.165) is 31.2 Å². The van der Waals surface area contributed by atoms with Crippen LogP contribution in [0.15, 0.2) is 33.5 Å². The first-order valence-corrected chi connectivity index (χ1v) is 10.1. The Bertz CT molecular complexity index is 958. The molecule has 1 aliphatic rings. The molecule has 0 aliphatic heterocycles. The third-order valence-corrected chi connectivity index (χ3v) is 5.59. The van der Waals surface area contributed by atoms with Gasteiger partial charge in [0.2, 0.25) is 11.8 Å². The SMILES string of the molecule is CCc1noc(C)c1C(=O)NCC1CCC(c2nnc(-c3cccnc3)o2)CC1. The van der Waals surface area contributed by atoms with Gasteiger partial charge in [-0.1, -0.05) is 12.1 Å². The van der Waals surface area contributed by atoms with Crippen molar-refractivity contribution in [3.8, 4) is 11.5 Å². The third kappa shape index (κ3) is 4.21. The molecule has 1 aliphatic carbocycles. The van der Waals surface area contributed by atoms with Gasteiger partial charge < -0.3 is 14.3 Å². The molecule has 3 aromatic heterocycles. The van der Waals surface area contributed by atoms with Crippen molar-refractivity contribution in [2.24, 2.45) is 5.92 Å². The van der Waals surface area contributed by atoms with E-state index in [2.05, 4.69) is 25.7 Å². The number of hydrogen-bond acceptors (Lipinski definition) is 7. The third-order valence-electron chi connectivity index (χ3n) is 5.59. The van der Waals surface area contributed by atoms with Crippen molar-refractivity contribution < 1.29 is 13.7 Å². The van der Waals surface area contributed by atoms with Crippen molar-refractivity contribution in [1.82, 2.24) is 25.7 Å². The first kappa shape index (κ1) is 19.3. The van der Waals surface area contributed by atoms with Gasteiger partial charge in [0, 0.05) is 24.9 Å². The molecular formula is C21H25N5O3. The number of nitrogens with zero attached hydrogens (tertiary/aromatic N) is 4. The Morgan fingerprint density at radius 3 is 2.79 bits per heavy atom. The Morgan fingerprint density at radius 2 is 2.07 bits per heavy atom. The highest BCUT2D eigenvalue weighted by Gasteiger charge is 2.27. The minimum atomic E-state index is -0.0965. The number of rotatable bonds is 6. The molecule has 3 heterocycles. The van der Waals surface area contributed by atoms with Crippen LogP contribution in [-0.4, -0.2) is 32.8 Å². The standard InChI is InChI=1S/C21H25N5O3/c1-3-17-18(13(2)29-26-17)19(27)23-11-14-6-8-15(9-7-14)20-24-25-21(28-20)16-5-4-10-22-12-16/h4-5,10,12,14-15H,3,6-9,11H2,1-2H3,(H,23,27). The molecule has 1 fully saturated rings. The number of nitrogens with one attached hydrogen (secondary N) is 1. The van der Waals surface area contributed by atoms with E-state index in [1.807, 2.05) is 19.1 Å². The van der Waals surface area contributed by atoms with Gasteiger partial charge in [0.05, 0.1) is 11.3 Å². The fourth-order valence-electron chi connectivity index (χ4n) is 3.89. The van der Waals surface area contributed by atoms with Crippen LogP contribution < -0.4 is 5.32 Å². The summed E-state index contributed by atoms with van der Waals surface area (Å²) in [7, 11) is 0. The van der Waals surface area contributed by atoms with Crippen LogP contribution in [0.4, 0.5) is 0 Å². The van der Waals surface area contributed by atoms with Crippen LogP contribution in [0, 0.1) is 12.8 Å². The zero-order valence-corrected chi connectivity index (χ0v) is 16.7. The van der Waals surface area contributed by atoms with Gasteiger partial charge >= 0.3 is 0 Å². The second kappa shape index (κ2) is 8.55. The summed E-state index contributed by atoms with van der Waals surface area (Å²) in [6.45, 7) is 4.40. The van der Waals surface area contributed by atoms with E-state index >= 15 is 0 Å². The highest BCUT2D eigenvalue weighted by atomic mass is 16.5. The molecule has 0 bridgehead atoms. The molecule has 1 amide bonds. The van der Waals surface area contributed by atoms with Crippen LogP contribution in [0.25, 0.3) is 11.5 Å². The normalized spacial score (nSPS) is 19.2. The van der Waals surface area contributed by atoms with E-state index in [1.165, 1.54) is 0 Å². The number of carbonyl (C=O) groups excluding carboxylic acids is 1. The van der Waals surface area contributed by atoms with E-state index in [1.54, 1.807) is 19.3 Å². The van der Waals surface area contributed by atoms with Crippen LogP contribution in [0.3, 0.4) is 0 Å². The lowest BCUT2D eigenvalue weighted by molar-refractivity contribution is 0.0940. The van der Waals surface area contributed by atoms with Crippen LogP contribution in [0.2, 0.25) is 0 Å². The van der Waals surface area contributed by atoms with E-state index in [4.69, 9.17) is 8.94 Å². The molecule has 0 radical (unpaired) electrons. The van der Waals surface area contributed by atoms with E-state index in [9.17, 15) is 4.79 Å². The molecule has 29 heavy (non-hydrogen) atoms. The largest absolute Gasteiger partial charge is 0.420 e. The molecule has 8 heteroatoms. The molecule has 0 unspecified atom stereocenters. The Morgan fingerprint density at radius 1 is 1.24 bits per heavy atom. The summed E-state index contributed by atoms with van der Waals surface area (Å²) >= 11 is 0. The molecule has 1 N–H and O–H groups in total. The van der Waals surface area contributed by atoms with Crippen molar-refractivity contribution >= 4 is 5.91 Å². The molecule has 4 rings (SSSR count). The summed E-state index contributed by atoms with van der Waals surface area (Å²) in [6, 6.07) is 3.76. The quantitative estimate of drug-likeness (QED) is 0.678. The van der Waals surface area contributed by atoms with Gasteiger partial charge in [-0.15, -0.1) is 10.2 Å². The lowest BCUT2D eigenvalue weighted by atomic mass is 9.82. The molecular weight excluding hydrogens is 370 g/mol. The molecule has 3 aromatic rings. The molecule has 1 saturated carbocycles. The second-order valence-corrected chi connectivity index (χ2v) is 7.53. The van der Waals surface area contributed by atoms with E-state index in [-0.39, 0.29) is 11.8 Å². The molecule has 0 atom stereocenters. The summed E-state index contributed by atoms with van der Waals surface area (Å²) in [6.07, 6.45) is 8.09. The summed E-state index contributed by atoms with van der Waals surface area (Å²) in [4.78, 5) is 16.6. The summed E-state index contributed by atoms with van der Waals surface area (Å²) in [5, 5.41) is 15.4. The Labute approximate surface area is 169 Å². The van der Waals surface area contributed by atoms with Gasteiger partial charge in [0.25, 0.3) is 5.91 Å². The number of carbonyl (C=O) groups is 1. The van der Waals surface area contributed by atoms with Gasteiger partial charge in [-0.25, -0.2) is 0 Å². The van der Waals surface area contributed by atoms with Crippen molar-refractivity contribution in [2.45, 2.75) is 51.9 Å². The molecule has 8 nitrogen and oxygen atoms in total. The van der Waals surface area contributed by atoms with Crippen LogP contribution >= 0.6 is 0 Å². The maximum Gasteiger partial charge on any atom is 0.256 e.